The predicted molar refractivity (Wildman–Crippen MR) is 97.2 cm³/mol. The summed E-state index contributed by atoms with van der Waals surface area (Å²) in [6.45, 7) is 3.40. The summed E-state index contributed by atoms with van der Waals surface area (Å²) in [4.78, 5) is 23.5. The molecule has 27 heavy (non-hydrogen) atoms. The van der Waals surface area contributed by atoms with E-state index < -0.39 is 11.6 Å². The van der Waals surface area contributed by atoms with Gasteiger partial charge in [0.15, 0.2) is 0 Å². The van der Waals surface area contributed by atoms with Gasteiger partial charge in [-0.1, -0.05) is 0 Å². The van der Waals surface area contributed by atoms with Crippen LogP contribution in [0.5, 0.6) is 0 Å². The number of ether oxygens (including phenoxy) is 2. The Morgan fingerprint density at radius 2 is 1.70 bits per heavy atom. The van der Waals surface area contributed by atoms with Crippen molar-refractivity contribution >= 4 is 5.97 Å². The van der Waals surface area contributed by atoms with Crippen molar-refractivity contribution in [2.75, 3.05) is 19.7 Å². The minimum absolute atomic E-state index is 0.176. The van der Waals surface area contributed by atoms with Crippen molar-refractivity contribution in [3.63, 3.8) is 0 Å². The van der Waals surface area contributed by atoms with Crippen molar-refractivity contribution in [1.29, 1.82) is 0 Å². The fourth-order valence-corrected chi connectivity index (χ4v) is 6.71. The molecule has 4 bridgehead atoms. The molecule has 0 unspecified atom stereocenters. The fourth-order valence-electron chi connectivity index (χ4n) is 6.71. The topological polar surface area (TPSA) is 66.0 Å². The van der Waals surface area contributed by atoms with E-state index in [0.29, 0.717) is 30.9 Å². The number of hydrogen-bond donors (Lipinski definition) is 1. The van der Waals surface area contributed by atoms with Gasteiger partial charge in [0.1, 0.15) is 0 Å². The van der Waals surface area contributed by atoms with Crippen LogP contribution in [0.4, 0.5) is 0 Å². The van der Waals surface area contributed by atoms with E-state index in [1.165, 1.54) is 32.1 Å². The molecule has 2 spiro atoms. The molecule has 6 heteroatoms. The highest BCUT2D eigenvalue weighted by Gasteiger charge is 2.66. The molecule has 1 saturated heterocycles. The van der Waals surface area contributed by atoms with Gasteiger partial charge in [-0.2, -0.15) is 9.78 Å². The quantitative estimate of drug-likeness (QED) is 0.585. The van der Waals surface area contributed by atoms with Crippen LogP contribution in [-0.2, 0) is 24.0 Å². The second kappa shape index (κ2) is 6.97. The van der Waals surface area contributed by atoms with Gasteiger partial charge in [-0.3, -0.25) is 4.79 Å². The van der Waals surface area contributed by atoms with E-state index in [1.54, 1.807) is 0 Å². The van der Waals surface area contributed by atoms with Crippen LogP contribution in [-0.4, -0.2) is 37.2 Å². The van der Waals surface area contributed by atoms with Crippen LogP contribution in [0.15, 0.2) is 0 Å². The first-order valence-corrected chi connectivity index (χ1v) is 11.0. The fraction of sp³-hybridized carbons (Fsp3) is 0.952. The smallest absolute Gasteiger partial charge is 0.319 e. The lowest BCUT2D eigenvalue weighted by Gasteiger charge is -2.57. The lowest BCUT2D eigenvalue weighted by molar-refractivity contribution is -0.390. The van der Waals surface area contributed by atoms with Crippen LogP contribution >= 0.6 is 0 Å². The summed E-state index contributed by atoms with van der Waals surface area (Å²) in [7, 11) is 0. The Morgan fingerprint density at radius 3 is 2.33 bits per heavy atom. The summed E-state index contributed by atoms with van der Waals surface area (Å²) in [5, 5.41) is 3.23. The standard InChI is InChI=1S/C21H33NO5/c1-2-24-19(23)13-22-12-14-3-5-20(6-4-14)25-21(27-26-20)17-8-15-7-16(10-17)11-18(21)9-15/h14-18,22H,2-13H2,1H3. The minimum atomic E-state index is -0.535. The van der Waals surface area contributed by atoms with Crippen LogP contribution in [0, 0.1) is 29.6 Å². The van der Waals surface area contributed by atoms with E-state index in [4.69, 9.17) is 19.2 Å². The Morgan fingerprint density at radius 1 is 1.04 bits per heavy atom. The predicted octanol–water partition coefficient (Wildman–Crippen LogP) is 3.16. The highest BCUT2D eigenvalue weighted by molar-refractivity contribution is 5.71. The molecule has 0 atom stereocenters. The maximum Gasteiger partial charge on any atom is 0.319 e. The summed E-state index contributed by atoms with van der Waals surface area (Å²) in [6, 6.07) is 0. The second-order valence-electron chi connectivity index (χ2n) is 9.58. The van der Waals surface area contributed by atoms with E-state index in [9.17, 15) is 4.79 Å². The van der Waals surface area contributed by atoms with Crippen molar-refractivity contribution in [2.45, 2.75) is 76.3 Å². The van der Waals surface area contributed by atoms with Crippen molar-refractivity contribution in [2.24, 2.45) is 29.6 Å². The van der Waals surface area contributed by atoms with Crippen molar-refractivity contribution < 1.29 is 24.0 Å². The van der Waals surface area contributed by atoms with Gasteiger partial charge in [0, 0.05) is 24.7 Å². The van der Waals surface area contributed by atoms with Crippen LogP contribution in [0.25, 0.3) is 0 Å². The van der Waals surface area contributed by atoms with E-state index in [0.717, 1.165) is 44.1 Å². The van der Waals surface area contributed by atoms with Gasteiger partial charge < -0.3 is 14.8 Å². The Balaban J connectivity index is 1.14. The first-order chi connectivity index (χ1) is 13.1. The SMILES string of the molecule is CCOC(=O)CNCC1CCC2(CC1)OOC1(O2)C2CC3CC(C2)CC1C3. The summed E-state index contributed by atoms with van der Waals surface area (Å²) in [5.41, 5.74) is 0. The number of rotatable bonds is 5. The molecular formula is C21H33NO5. The van der Waals surface area contributed by atoms with Gasteiger partial charge in [-0.25, -0.2) is 0 Å². The maximum atomic E-state index is 11.4. The first kappa shape index (κ1) is 18.3. The van der Waals surface area contributed by atoms with Gasteiger partial charge in [0.05, 0.1) is 13.2 Å². The maximum absolute atomic E-state index is 11.4. The van der Waals surface area contributed by atoms with Crippen LogP contribution in [0.2, 0.25) is 0 Å². The number of esters is 1. The molecule has 6 rings (SSSR count). The number of carbonyl (C=O) groups excluding carboxylic acids is 1. The molecule has 0 aromatic heterocycles. The molecule has 0 radical (unpaired) electrons. The van der Waals surface area contributed by atoms with Gasteiger partial charge in [-0.15, -0.1) is 0 Å². The van der Waals surface area contributed by atoms with Crippen molar-refractivity contribution in [3.05, 3.63) is 0 Å². The zero-order valence-corrected chi connectivity index (χ0v) is 16.4. The molecule has 1 N–H and O–H groups in total. The monoisotopic (exact) mass is 379 g/mol. The molecule has 0 aromatic rings. The van der Waals surface area contributed by atoms with Crippen LogP contribution in [0.1, 0.15) is 64.7 Å². The third-order valence-corrected chi connectivity index (χ3v) is 7.82. The summed E-state index contributed by atoms with van der Waals surface area (Å²) in [5.74, 6) is 2.22. The van der Waals surface area contributed by atoms with E-state index in [1.807, 2.05) is 6.92 Å². The normalized spacial score (nSPS) is 47.8. The van der Waals surface area contributed by atoms with Crippen molar-refractivity contribution in [3.8, 4) is 0 Å². The molecular weight excluding hydrogens is 346 g/mol. The molecule has 0 amide bonds. The van der Waals surface area contributed by atoms with Crippen LogP contribution in [0.3, 0.4) is 0 Å². The molecule has 6 nitrogen and oxygen atoms in total. The highest BCUT2D eigenvalue weighted by Crippen LogP contribution is 2.63. The zero-order chi connectivity index (χ0) is 18.5. The van der Waals surface area contributed by atoms with Gasteiger partial charge in [0.25, 0.3) is 0 Å². The molecule has 6 fully saturated rings. The van der Waals surface area contributed by atoms with Gasteiger partial charge >= 0.3 is 5.97 Å². The molecule has 5 aliphatic carbocycles. The molecule has 1 heterocycles. The van der Waals surface area contributed by atoms with Crippen molar-refractivity contribution in [1.82, 2.24) is 5.32 Å². The highest BCUT2D eigenvalue weighted by atomic mass is 17.3. The number of nitrogens with one attached hydrogen (secondary N) is 1. The van der Waals surface area contributed by atoms with E-state index >= 15 is 0 Å². The Bertz CT molecular complexity index is 543. The van der Waals surface area contributed by atoms with Gasteiger partial charge in [0.2, 0.25) is 11.6 Å². The Labute approximate surface area is 161 Å². The third kappa shape index (κ3) is 3.22. The Hall–Kier alpha value is -0.690. The second-order valence-corrected chi connectivity index (χ2v) is 9.58. The molecule has 0 aromatic carbocycles. The lowest BCUT2D eigenvalue weighted by Crippen LogP contribution is -2.59. The van der Waals surface area contributed by atoms with E-state index in [2.05, 4.69) is 5.32 Å². The molecule has 5 saturated carbocycles. The van der Waals surface area contributed by atoms with E-state index in [-0.39, 0.29) is 5.97 Å². The third-order valence-electron chi connectivity index (χ3n) is 7.82. The summed E-state index contributed by atoms with van der Waals surface area (Å²) >= 11 is 0. The largest absolute Gasteiger partial charge is 0.465 e. The molecule has 152 valence electrons. The van der Waals surface area contributed by atoms with Crippen LogP contribution < -0.4 is 5.32 Å². The average molecular weight is 379 g/mol. The first-order valence-electron chi connectivity index (χ1n) is 11.0. The Kier molecular flexibility index (Phi) is 4.74. The summed E-state index contributed by atoms with van der Waals surface area (Å²) < 4.78 is 11.7. The average Bonchev–Trinajstić information content (AvgIpc) is 3.02. The summed E-state index contributed by atoms with van der Waals surface area (Å²) in [6.07, 6.45) is 10.3. The molecule has 1 aliphatic heterocycles. The molecule has 6 aliphatic rings. The lowest BCUT2D eigenvalue weighted by atomic mass is 9.53. The van der Waals surface area contributed by atoms with Gasteiger partial charge in [-0.05, 0) is 76.2 Å². The zero-order valence-electron chi connectivity index (χ0n) is 16.4. The minimum Gasteiger partial charge on any atom is -0.465 e. The number of hydrogen-bond acceptors (Lipinski definition) is 6. The number of carbonyl (C=O) groups is 1.